The maximum absolute atomic E-state index is 10.8. The number of ether oxygens (including phenoxy) is 1. The van der Waals surface area contributed by atoms with E-state index < -0.39 is 11.0 Å². The summed E-state index contributed by atoms with van der Waals surface area (Å²) in [6.45, 7) is 3.58. The molecule has 1 N–H and O–H groups in total. The van der Waals surface area contributed by atoms with Crippen LogP contribution in [0.25, 0.3) is 0 Å². The molecule has 0 fully saturated rings. The summed E-state index contributed by atoms with van der Waals surface area (Å²) >= 11 is 0. The van der Waals surface area contributed by atoms with Crippen LogP contribution in [0.4, 0.5) is 5.69 Å². The average Bonchev–Trinajstić information content (AvgIpc) is 2.47. The summed E-state index contributed by atoms with van der Waals surface area (Å²) in [6, 6.07) is 11.8. The van der Waals surface area contributed by atoms with Crippen LogP contribution in [0.15, 0.2) is 42.5 Å². The number of nitrogens with zero attached hydrogens (tertiary/aromatic N) is 1. The molecule has 1 atom stereocenters. The molecule has 0 spiro atoms. The van der Waals surface area contributed by atoms with Gasteiger partial charge in [-0.15, -0.1) is 0 Å². The zero-order valence-corrected chi connectivity index (χ0v) is 11.9. The zero-order valence-electron chi connectivity index (χ0n) is 11.9. The fourth-order valence-electron chi connectivity index (χ4n) is 2.03. The average molecular weight is 287 g/mol. The monoisotopic (exact) mass is 287 g/mol. The van der Waals surface area contributed by atoms with Gasteiger partial charge in [-0.3, -0.25) is 10.1 Å². The Morgan fingerprint density at radius 3 is 2.33 bits per heavy atom. The van der Waals surface area contributed by atoms with Gasteiger partial charge >= 0.3 is 0 Å². The Balaban J connectivity index is 2.15. The fourth-order valence-corrected chi connectivity index (χ4v) is 2.03. The molecule has 2 rings (SSSR count). The highest BCUT2D eigenvalue weighted by Crippen LogP contribution is 2.28. The summed E-state index contributed by atoms with van der Waals surface area (Å²) in [5.41, 5.74) is 1.46. The summed E-state index contributed by atoms with van der Waals surface area (Å²) in [4.78, 5) is 10.3. The van der Waals surface area contributed by atoms with E-state index in [9.17, 15) is 15.2 Å². The highest BCUT2D eigenvalue weighted by Gasteiger charge is 2.11. The molecule has 2 aromatic rings. The summed E-state index contributed by atoms with van der Waals surface area (Å²) in [5.74, 6) is 1.16. The van der Waals surface area contributed by atoms with E-state index in [2.05, 4.69) is 0 Å². The van der Waals surface area contributed by atoms with E-state index in [4.69, 9.17) is 4.74 Å². The van der Waals surface area contributed by atoms with Gasteiger partial charge < -0.3 is 9.84 Å². The van der Waals surface area contributed by atoms with Crippen molar-refractivity contribution in [2.24, 2.45) is 0 Å². The van der Waals surface area contributed by atoms with Crippen LogP contribution in [0.2, 0.25) is 0 Å². The highest BCUT2D eigenvalue weighted by molar-refractivity contribution is 5.45. The Bertz CT molecular complexity index is 637. The standard InChI is InChI=1S/C16H17NO4/c1-3-16(18)12-4-6-13(7-5-12)21-14-8-9-15(17(19)20)11(2)10-14/h4-10,16,18H,3H2,1-2H3/t16-/m1/s1. The Morgan fingerprint density at radius 2 is 1.81 bits per heavy atom. The van der Waals surface area contributed by atoms with Crippen LogP contribution in [0.1, 0.15) is 30.6 Å². The lowest BCUT2D eigenvalue weighted by Crippen LogP contribution is -1.95. The van der Waals surface area contributed by atoms with Crippen molar-refractivity contribution in [1.82, 2.24) is 0 Å². The Hall–Kier alpha value is -2.40. The molecule has 0 unspecified atom stereocenters. The van der Waals surface area contributed by atoms with E-state index in [1.165, 1.54) is 6.07 Å². The van der Waals surface area contributed by atoms with Crippen LogP contribution >= 0.6 is 0 Å². The molecule has 5 nitrogen and oxygen atoms in total. The third-order valence-corrected chi connectivity index (χ3v) is 3.25. The predicted octanol–water partition coefficient (Wildman–Crippen LogP) is 4.14. The minimum atomic E-state index is -0.472. The minimum absolute atomic E-state index is 0.0729. The maximum Gasteiger partial charge on any atom is 0.272 e. The van der Waals surface area contributed by atoms with Gasteiger partial charge in [0, 0.05) is 11.6 Å². The number of rotatable bonds is 5. The predicted molar refractivity (Wildman–Crippen MR) is 79.6 cm³/mol. The number of aliphatic hydroxyl groups is 1. The number of hydrogen-bond donors (Lipinski definition) is 1. The fraction of sp³-hybridized carbons (Fsp3) is 0.250. The molecule has 0 heterocycles. The molecule has 2 aromatic carbocycles. The van der Waals surface area contributed by atoms with E-state index in [0.717, 1.165) is 5.56 Å². The second kappa shape index (κ2) is 6.37. The summed E-state index contributed by atoms with van der Waals surface area (Å²) < 4.78 is 5.66. The Kier molecular flexibility index (Phi) is 4.55. The van der Waals surface area contributed by atoms with Crippen molar-refractivity contribution < 1.29 is 14.8 Å². The van der Waals surface area contributed by atoms with Crippen LogP contribution in [-0.4, -0.2) is 10.0 Å². The number of hydrogen-bond acceptors (Lipinski definition) is 4. The largest absolute Gasteiger partial charge is 0.457 e. The van der Waals surface area contributed by atoms with Gasteiger partial charge in [-0.1, -0.05) is 19.1 Å². The Morgan fingerprint density at radius 1 is 1.19 bits per heavy atom. The molecular weight excluding hydrogens is 270 g/mol. The second-order valence-electron chi connectivity index (χ2n) is 4.80. The molecular formula is C16H17NO4. The molecule has 0 aromatic heterocycles. The smallest absolute Gasteiger partial charge is 0.272 e. The highest BCUT2D eigenvalue weighted by atomic mass is 16.6. The molecule has 5 heteroatoms. The number of benzene rings is 2. The van der Waals surface area contributed by atoms with E-state index in [1.54, 1.807) is 31.2 Å². The van der Waals surface area contributed by atoms with Gasteiger partial charge in [-0.2, -0.15) is 0 Å². The molecule has 0 amide bonds. The molecule has 0 saturated carbocycles. The topological polar surface area (TPSA) is 72.6 Å². The SMILES string of the molecule is CC[C@@H](O)c1ccc(Oc2ccc([N+](=O)[O-])c(C)c2)cc1. The first kappa shape index (κ1) is 15.0. The van der Waals surface area contributed by atoms with Crippen molar-refractivity contribution in [3.05, 3.63) is 63.7 Å². The van der Waals surface area contributed by atoms with E-state index in [1.807, 2.05) is 19.1 Å². The molecule has 0 aliphatic carbocycles. The number of aliphatic hydroxyl groups excluding tert-OH is 1. The van der Waals surface area contributed by atoms with Crippen LogP contribution in [0.3, 0.4) is 0 Å². The van der Waals surface area contributed by atoms with Crippen LogP contribution in [0.5, 0.6) is 11.5 Å². The van der Waals surface area contributed by atoms with Gasteiger partial charge in [-0.05, 0) is 43.2 Å². The van der Waals surface area contributed by atoms with E-state index in [0.29, 0.717) is 23.5 Å². The maximum atomic E-state index is 10.8. The van der Waals surface area contributed by atoms with Crippen molar-refractivity contribution in [2.45, 2.75) is 26.4 Å². The molecule has 0 saturated heterocycles. The van der Waals surface area contributed by atoms with Crippen LogP contribution < -0.4 is 4.74 Å². The van der Waals surface area contributed by atoms with Crippen molar-refractivity contribution in [3.63, 3.8) is 0 Å². The van der Waals surface area contributed by atoms with Crippen molar-refractivity contribution in [3.8, 4) is 11.5 Å². The lowest BCUT2D eigenvalue weighted by Gasteiger charge is -2.10. The first-order valence-electron chi connectivity index (χ1n) is 6.72. The lowest BCUT2D eigenvalue weighted by atomic mass is 10.1. The van der Waals surface area contributed by atoms with Gasteiger partial charge in [0.05, 0.1) is 11.0 Å². The van der Waals surface area contributed by atoms with Crippen LogP contribution in [0, 0.1) is 17.0 Å². The normalized spacial score (nSPS) is 12.0. The van der Waals surface area contributed by atoms with Crippen molar-refractivity contribution in [1.29, 1.82) is 0 Å². The first-order valence-corrected chi connectivity index (χ1v) is 6.72. The van der Waals surface area contributed by atoms with E-state index in [-0.39, 0.29) is 5.69 Å². The number of nitro benzene ring substituents is 1. The van der Waals surface area contributed by atoms with Crippen molar-refractivity contribution >= 4 is 5.69 Å². The summed E-state index contributed by atoms with van der Waals surface area (Å²) in [7, 11) is 0. The molecule has 110 valence electrons. The third kappa shape index (κ3) is 3.58. The van der Waals surface area contributed by atoms with Gasteiger partial charge in [0.2, 0.25) is 0 Å². The minimum Gasteiger partial charge on any atom is -0.457 e. The third-order valence-electron chi connectivity index (χ3n) is 3.25. The number of aryl methyl sites for hydroxylation is 1. The van der Waals surface area contributed by atoms with Crippen molar-refractivity contribution in [2.75, 3.05) is 0 Å². The second-order valence-corrected chi connectivity index (χ2v) is 4.80. The summed E-state index contributed by atoms with van der Waals surface area (Å²) in [6.07, 6.45) is 0.183. The first-order chi connectivity index (χ1) is 10.0. The molecule has 0 aliphatic heterocycles. The molecule has 0 aliphatic rings. The molecule has 0 radical (unpaired) electrons. The van der Waals surface area contributed by atoms with E-state index >= 15 is 0 Å². The van der Waals surface area contributed by atoms with Crippen LogP contribution in [-0.2, 0) is 0 Å². The zero-order chi connectivity index (χ0) is 15.4. The van der Waals surface area contributed by atoms with Gasteiger partial charge in [0.15, 0.2) is 0 Å². The van der Waals surface area contributed by atoms with Gasteiger partial charge in [-0.25, -0.2) is 0 Å². The van der Waals surface area contributed by atoms with Gasteiger partial charge in [0.1, 0.15) is 11.5 Å². The number of nitro groups is 1. The Labute approximate surface area is 123 Å². The molecule has 21 heavy (non-hydrogen) atoms. The quantitative estimate of drug-likeness (QED) is 0.662. The molecule has 0 bridgehead atoms. The lowest BCUT2D eigenvalue weighted by molar-refractivity contribution is -0.385. The van der Waals surface area contributed by atoms with Gasteiger partial charge in [0.25, 0.3) is 5.69 Å². The summed E-state index contributed by atoms with van der Waals surface area (Å²) in [5, 5.41) is 20.5.